The number of hydrogen-bond donors (Lipinski definition) is 0. The zero-order valence-corrected chi connectivity index (χ0v) is 22.6. The second-order valence-corrected chi connectivity index (χ2v) is 13.4. The van der Waals surface area contributed by atoms with Crippen LogP contribution in [0.1, 0.15) is 143 Å². The van der Waals surface area contributed by atoms with Crippen molar-refractivity contribution in [2.24, 2.45) is 45.3 Å². The molecule has 0 aromatic carbocycles. The van der Waals surface area contributed by atoms with Crippen LogP contribution in [0.15, 0.2) is 0 Å². The van der Waals surface area contributed by atoms with Crippen LogP contribution in [0.3, 0.4) is 0 Å². The lowest BCUT2D eigenvalue weighted by atomic mass is 9.37. The van der Waals surface area contributed by atoms with Gasteiger partial charge in [0, 0.05) is 0 Å². The molecule has 4 saturated carbocycles. The zero-order chi connectivity index (χ0) is 22.6. The minimum absolute atomic E-state index is 0. The molecule has 4 rings (SSSR count). The highest BCUT2D eigenvalue weighted by Gasteiger charge is 2.61. The van der Waals surface area contributed by atoms with E-state index < -0.39 is 0 Å². The van der Waals surface area contributed by atoms with E-state index in [-0.39, 0.29) is 7.43 Å². The van der Waals surface area contributed by atoms with Gasteiger partial charge in [0.05, 0.1) is 0 Å². The van der Waals surface area contributed by atoms with Crippen molar-refractivity contribution in [2.45, 2.75) is 143 Å². The second kappa shape index (κ2) is 11.6. The highest BCUT2D eigenvalue weighted by Crippen LogP contribution is 2.71. The summed E-state index contributed by atoms with van der Waals surface area (Å²) in [5.41, 5.74) is 2.28. The first-order valence-electron chi connectivity index (χ1n) is 12.5. The summed E-state index contributed by atoms with van der Waals surface area (Å²) < 4.78 is 0. The van der Waals surface area contributed by atoms with Gasteiger partial charge in [-0.2, -0.15) is 0 Å². The highest BCUT2D eigenvalue weighted by molar-refractivity contribution is 5.11. The number of rotatable bonds is 0. The Kier molecular flexibility index (Phi) is 12.4. The van der Waals surface area contributed by atoms with Crippen LogP contribution >= 0.6 is 0 Å². The standard InChI is InChI=1S/C9H16.C9H18.C8H18.C2H6.CH4/c1-8(2,3)9-4-7(5-9)6-9;1-7-4-5-8(2)9(3)6-7;1-7(2,3)8(4,5)6;1-2;/h7H,4-6H2,1-3H3;7-9H,4-6H2,1-3H3;1-6H3;1-2H3;1H4/t;7-,8-,9-;;;/m.1.../s1. The summed E-state index contributed by atoms with van der Waals surface area (Å²) in [6, 6.07) is 0. The van der Waals surface area contributed by atoms with E-state index in [0.29, 0.717) is 16.2 Å². The van der Waals surface area contributed by atoms with E-state index in [1.54, 1.807) is 0 Å². The minimum atomic E-state index is 0. The molecule has 0 radical (unpaired) electrons. The van der Waals surface area contributed by atoms with Crippen LogP contribution in [0.5, 0.6) is 0 Å². The molecule has 0 saturated heterocycles. The molecule has 3 atom stereocenters. The van der Waals surface area contributed by atoms with Gasteiger partial charge in [-0.25, -0.2) is 0 Å². The third-order valence-corrected chi connectivity index (χ3v) is 8.74. The molecule has 4 aliphatic carbocycles. The Labute approximate surface area is 188 Å². The first kappa shape index (κ1) is 31.2. The quantitative estimate of drug-likeness (QED) is 0.372. The van der Waals surface area contributed by atoms with Crippen LogP contribution < -0.4 is 0 Å². The first-order valence-corrected chi connectivity index (χ1v) is 12.5. The molecule has 2 bridgehead atoms. The molecule has 0 heterocycles. The maximum Gasteiger partial charge on any atom is -0.0241 e. The smallest absolute Gasteiger partial charge is 0.0241 e. The van der Waals surface area contributed by atoms with Gasteiger partial charge < -0.3 is 0 Å². The Morgan fingerprint density at radius 2 is 1.00 bits per heavy atom. The van der Waals surface area contributed by atoms with Crippen LogP contribution in [-0.2, 0) is 0 Å². The molecule has 0 aliphatic heterocycles. The second-order valence-electron chi connectivity index (χ2n) is 13.4. The molecule has 0 unspecified atom stereocenters. The fraction of sp³-hybridized carbons (Fsp3) is 1.00. The lowest BCUT2D eigenvalue weighted by molar-refractivity contribution is -0.181. The van der Waals surface area contributed by atoms with Crippen molar-refractivity contribution in [2.75, 3.05) is 0 Å². The first-order chi connectivity index (χ1) is 12.5. The zero-order valence-electron chi connectivity index (χ0n) is 22.6. The van der Waals surface area contributed by atoms with Crippen LogP contribution in [0.25, 0.3) is 0 Å². The normalized spacial score (nSPS) is 32.9. The van der Waals surface area contributed by atoms with E-state index in [2.05, 4.69) is 83.1 Å². The highest BCUT2D eigenvalue weighted by atomic mass is 14.7. The summed E-state index contributed by atoms with van der Waals surface area (Å²) >= 11 is 0. The van der Waals surface area contributed by atoms with Crippen molar-refractivity contribution < 1.29 is 0 Å². The molecule has 178 valence electrons. The molecular formula is C29H62. The topological polar surface area (TPSA) is 0 Å². The summed E-state index contributed by atoms with van der Waals surface area (Å²) in [4.78, 5) is 0. The van der Waals surface area contributed by atoms with Crippen LogP contribution in [0, 0.1) is 45.3 Å². The number of hydrogen-bond acceptors (Lipinski definition) is 0. The molecule has 4 fully saturated rings. The van der Waals surface area contributed by atoms with Gasteiger partial charge in [0.25, 0.3) is 0 Å². The van der Waals surface area contributed by atoms with E-state index in [4.69, 9.17) is 0 Å². The van der Waals surface area contributed by atoms with E-state index in [1.165, 1.54) is 38.5 Å². The van der Waals surface area contributed by atoms with Crippen molar-refractivity contribution in [1.82, 2.24) is 0 Å². The van der Waals surface area contributed by atoms with Crippen LogP contribution in [-0.4, -0.2) is 0 Å². The van der Waals surface area contributed by atoms with Crippen molar-refractivity contribution in [3.63, 3.8) is 0 Å². The summed E-state index contributed by atoms with van der Waals surface area (Å²) in [7, 11) is 0. The molecular weight excluding hydrogens is 348 g/mol. The molecule has 0 N–H and O–H groups in total. The molecule has 0 amide bonds. The largest absolute Gasteiger partial charge is 0.0776 e. The Balaban J connectivity index is 0. The van der Waals surface area contributed by atoms with Gasteiger partial charge in [-0.3, -0.25) is 0 Å². The molecule has 0 spiro atoms. The van der Waals surface area contributed by atoms with E-state index >= 15 is 0 Å². The summed E-state index contributed by atoms with van der Waals surface area (Å²) in [6.07, 6.45) is 9.00. The predicted octanol–water partition coefficient (Wildman–Crippen LogP) is 10.7. The lowest BCUT2D eigenvalue weighted by Gasteiger charge is -2.68. The summed E-state index contributed by atoms with van der Waals surface area (Å²) in [5, 5.41) is 0. The Bertz CT molecular complexity index is 393. The maximum atomic E-state index is 2.39. The monoisotopic (exact) mass is 410 g/mol. The lowest BCUT2D eigenvalue weighted by Crippen LogP contribution is -2.58. The van der Waals surface area contributed by atoms with Crippen LogP contribution in [0.2, 0.25) is 0 Å². The summed E-state index contributed by atoms with van der Waals surface area (Å²) in [6.45, 7) is 32.0. The van der Waals surface area contributed by atoms with Gasteiger partial charge in [0.15, 0.2) is 0 Å². The van der Waals surface area contributed by atoms with E-state index in [1.807, 2.05) is 13.8 Å². The molecule has 4 aliphatic rings. The maximum absolute atomic E-state index is 2.39. The van der Waals surface area contributed by atoms with Gasteiger partial charge in [-0.15, -0.1) is 0 Å². The molecule has 0 heteroatoms. The Morgan fingerprint density at radius 1 is 0.621 bits per heavy atom. The Morgan fingerprint density at radius 3 is 1.14 bits per heavy atom. The summed E-state index contributed by atoms with van der Waals surface area (Å²) in [5.74, 6) is 4.11. The van der Waals surface area contributed by atoms with E-state index in [0.717, 1.165) is 29.1 Å². The van der Waals surface area contributed by atoms with Crippen molar-refractivity contribution in [3.8, 4) is 0 Å². The SMILES string of the molecule is C.CC.CC(C)(C)C(C)(C)C.CC(C)(C)C12CC(C1)C2.C[C@@H]1CC[C@@H](C)[C@H](C)C1. The van der Waals surface area contributed by atoms with Crippen molar-refractivity contribution in [1.29, 1.82) is 0 Å². The van der Waals surface area contributed by atoms with Gasteiger partial charge >= 0.3 is 0 Å². The minimum Gasteiger partial charge on any atom is -0.0776 e. The third-order valence-electron chi connectivity index (χ3n) is 8.74. The fourth-order valence-corrected chi connectivity index (χ4v) is 4.21. The van der Waals surface area contributed by atoms with Gasteiger partial charge in [0.2, 0.25) is 0 Å². The fourth-order valence-electron chi connectivity index (χ4n) is 4.21. The van der Waals surface area contributed by atoms with E-state index in [9.17, 15) is 0 Å². The average molecular weight is 411 g/mol. The van der Waals surface area contributed by atoms with Crippen molar-refractivity contribution >= 4 is 0 Å². The van der Waals surface area contributed by atoms with Crippen molar-refractivity contribution in [3.05, 3.63) is 0 Å². The molecule has 0 aromatic rings. The molecule has 0 aromatic heterocycles. The van der Waals surface area contributed by atoms with Gasteiger partial charge in [-0.1, -0.05) is 117 Å². The molecule has 0 nitrogen and oxygen atoms in total. The predicted molar refractivity (Wildman–Crippen MR) is 138 cm³/mol. The van der Waals surface area contributed by atoms with Crippen LogP contribution in [0.4, 0.5) is 0 Å². The van der Waals surface area contributed by atoms with Gasteiger partial charge in [-0.05, 0) is 71.0 Å². The average Bonchev–Trinajstić information content (AvgIpc) is 2.39. The Hall–Kier alpha value is 0. The van der Waals surface area contributed by atoms with Gasteiger partial charge in [0.1, 0.15) is 0 Å². The molecule has 29 heavy (non-hydrogen) atoms. The third kappa shape index (κ3) is 8.95.